The molecule has 2 heteroatoms. The van der Waals surface area contributed by atoms with Crippen LogP contribution in [0.4, 0.5) is 0 Å². The van der Waals surface area contributed by atoms with E-state index in [1.54, 1.807) is 4.90 Å². The van der Waals surface area contributed by atoms with Gasteiger partial charge in [-0.2, -0.15) is 0 Å². The van der Waals surface area contributed by atoms with Gasteiger partial charge in [0.05, 0.1) is 6.54 Å². The highest BCUT2D eigenvalue weighted by Crippen LogP contribution is 2.29. The summed E-state index contributed by atoms with van der Waals surface area (Å²) in [5.74, 6) is 8.49. The Balaban J connectivity index is 2.00. The van der Waals surface area contributed by atoms with Crippen LogP contribution in [0.2, 0.25) is 0 Å². The number of benzene rings is 1. The van der Waals surface area contributed by atoms with E-state index in [0.29, 0.717) is 12.5 Å². The van der Waals surface area contributed by atoms with Crippen LogP contribution in [0.3, 0.4) is 0 Å². The molecule has 1 aliphatic rings. The number of rotatable bonds is 3. The Labute approximate surface area is 108 Å². The molecule has 1 fully saturated rings. The zero-order chi connectivity index (χ0) is 12.8. The van der Waals surface area contributed by atoms with Gasteiger partial charge in [0.15, 0.2) is 0 Å². The molecule has 0 unspecified atom stereocenters. The van der Waals surface area contributed by atoms with Crippen molar-refractivity contribution in [2.24, 2.45) is 5.92 Å². The Morgan fingerprint density at radius 2 is 2.06 bits per heavy atom. The zero-order valence-corrected chi connectivity index (χ0v) is 10.2. The molecule has 0 saturated heterocycles. The number of carbonyl (C=O) groups excluding carboxylic acids is 1. The summed E-state index contributed by atoms with van der Waals surface area (Å²) in [5.41, 5.74) is 0.845. The van der Waals surface area contributed by atoms with Gasteiger partial charge in [-0.3, -0.25) is 4.79 Å². The lowest BCUT2D eigenvalue weighted by atomic mass is 10.2. The fourth-order valence-corrected chi connectivity index (χ4v) is 1.67. The molecule has 18 heavy (non-hydrogen) atoms. The normalized spacial score (nSPS) is 13.1. The number of hydrogen-bond acceptors (Lipinski definition) is 1. The molecular weight excluding hydrogens is 222 g/mol. The van der Waals surface area contributed by atoms with Crippen LogP contribution < -0.4 is 0 Å². The van der Waals surface area contributed by atoms with Gasteiger partial charge in [0.1, 0.15) is 0 Å². The molecule has 0 heterocycles. The topological polar surface area (TPSA) is 20.3 Å². The van der Waals surface area contributed by atoms with Crippen LogP contribution in [0.1, 0.15) is 18.4 Å². The third kappa shape index (κ3) is 3.68. The number of carbonyl (C=O) groups is 1. The van der Waals surface area contributed by atoms with Crippen LogP contribution in [0.15, 0.2) is 30.3 Å². The largest absolute Gasteiger partial charge is 0.320 e. The quantitative estimate of drug-likeness (QED) is 0.735. The van der Waals surface area contributed by atoms with Crippen LogP contribution in [0.25, 0.3) is 0 Å². The number of hydrogen-bond donors (Lipinski definition) is 0. The number of terminal acetylenes is 1. The van der Waals surface area contributed by atoms with E-state index in [9.17, 15) is 4.79 Å². The first-order valence-electron chi connectivity index (χ1n) is 6.09. The molecule has 1 aromatic carbocycles. The summed E-state index contributed by atoms with van der Waals surface area (Å²) in [6.45, 7) is 1.09. The minimum Gasteiger partial charge on any atom is -0.320 e. The van der Waals surface area contributed by atoms with Crippen molar-refractivity contribution in [3.8, 4) is 24.2 Å². The predicted molar refractivity (Wildman–Crippen MR) is 71.5 cm³/mol. The summed E-state index contributed by atoms with van der Waals surface area (Å²) < 4.78 is 0. The van der Waals surface area contributed by atoms with Crippen LogP contribution >= 0.6 is 0 Å². The van der Waals surface area contributed by atoms with E-state index in [0.717, 1.165) is 12.1 Å². The fourth-order valence-electron chi connectivity index (χ4n) is 1.67. The minimum absolute atomic E-state index is 0.177. The molecule has 0 atom stereocenters. The first kappa shape index (κ1) is 12.3. The summed E-state index contributed by atoms with van der Waals surface area (Å²) in [7, 11) is 0. The molecule has 1 saturated carbocycles. The Morgan fingerprint density at radius 3 is 2.67 bits per heavy atom. The lowest BCUT2D eigenvalue weighted by Crippen LogP contribution is -2.32. The van der Waals surface area contributed by atoms with E-state index >= 15 is 0 Å². The van der Waals surface area contributed by atoms with E-state index in [1.165, 1.54) is 12.8 Å². The molecule has 1 aliphatic carbocycles. The number of amides is 1. The Morgan fingerprint density at radius 1 is 1.33 bits per heavy atom. The third-order valence-corrected chi connectivity index (χ3v) is 2.83. The van der Waals surface area contributed by atoms with Gasteiger partial charge in [-0.25, -0.2) is 0 Å². The predicted octanol–water partition coefficient (Wildman–Crippen LogP) is 1.91. The van der Waals surface area contributed by atoms with Crippen molar-refractivity contribution in [1.82, 2.24) is 4.90 Å². The van der Waals surface area contributed by atoms with E-state index in [2.05, 4.69) is 17.8 Å². The first-order valence-corrected chi connectivity index (χ1v) is 6.09. The van der Waals surface area contributed by atoms with Crippen molar-refractivity contribution < 1.29 is 4.79 Å². The molecule has 0 bridgehead atoms. The Kier molecular flexibility index (Phi) is 4.05. The minimum atomic E-state index is -0.177. The molecule has 0 radical (unpaired) electrons. The van der Waals surface area contributed by atoms with Crippen molar-refractivity contribution in [3.63, 3.8) is 0 Å². The zero-order valence-electron chi connectivity index (χ0n) is 10.2. The summed E-state index contributed by atoms with van der Waals surface area (Å²) in [6.07, 6.45) is 7.67. The molecule has 1 amide bonds. The monoisotopic (exact) mass is 237 g/mol. The van der Waals surface area contributed by atoms with Crippen LogP contribution in [0, 0.1) is 30.1 Å². The molecule has 0 aliphatic heterocycles. The second-order valence-electron chi connectivity index (χ2n) is 4.45. The van der Waals surface area contributed by atoms with E-state index in [1.807, 2.05) is 30.3 Å². The summed E-state index contributed by atoms with van der Waals surface area (Å²) in [6, 6.07) is 9.49. The van der Waals surface area contributed by atoms with Crippen LogP contribution in [-0.4, -0.2) is 23.9 Å². The molecule has 90 valence electrons. The van der Waals surface area contributed by atoms with Crippen molar-refractivity contribution in [2.45, 2.75) is 12.8 Å². The second kappa shape index (κ2) is 5.94. The van der Waals surface area contributed by atoms with E-state index < -0.39 is 0 Å². The summed E-state index contributed by atoms with van der Waals surface area (Å²) in [4.78, 5) is 13.6. The van der Waals surface area contributed by atoms with E-state index in [-0.39, 0.29) is 5.91 Å². The van der Waals surface area contributed by atoms with Gasteiger partial charge in [0, 0.05) is 18.0 Å². The van der Waals surface area contributed by atoms with Crippen LogP contribution in [0.5, 0.6) is 0 Å². The molecule has 0 N–H and O–H groups in total. The van der Waals surface area contributed by atoms with Gasteiger partial charge in [-0.1, -0.05) is 30.0 Å². The SMILES string of the molecule is C#CCN(CC1CC1)C(=O)C#Cc1ccccc1. The summed E-state index contributed by atoms with van der Waals surface area (Å²) in [5, 5.41) is 0. The highest BCUT2D eigenvalue weighted by atomic mass is 16.2. The molecule has 0 aromatic heterocycles. The molecular formula is C16H15NO. The van der Waals surface area contributed by atoms with Gasteiger partial charge < -0.3 is 4.90 Å². The third-order valence-electron chi connectivity index (χ3n) is 2.83. The van der Waals surface area contributed by atoms with Gasteiger partial charge in [-0.15, -0.1) is 6.42 Å². The Hall–Kier alpha value is -2.19. The molecule has 1 aromatic rings. The lowest BCUT2D eigenvalue weighted by molar-refractivity contribution is -0.124. The van der Waals surface area contributed by atoms with Crippen molar-refractivity contribution >= 4 is 5.91 Å². The van der Waals surface area contributed by atoms with Crippen molar-refractivity contribution in [3.05, 3.63) is 35.9 Å². The molecule has 0 spiro atoms. The second-order valence-corrected chi connectivity index (χ2v) is 4.45. The number of nitrogens with zero attached hydrogens (tertiary/aromatic N) is 1. The molecule has 2 nitrogen and oxygen atoms in total. The smallest absolute Gasteiger partial charge is 0.299 e. The van der Waals surface area contributed by atoms with Gasteiger partial charge in [0.25, 0.3) is 5.91 Å². The van der Waals surface area contributed by atoms with Gasteiger partial charge in [-0.05, 0) is 30.9 Å². The highest BCUT2D eigenvalue weighted by molar-refractivity contribution is 5.94. The standard InChI is InChI=1S/C16H15NO/c1-2-12-17(13-15-8-9-15)16(18)11-10-14-6-4-3-5-7-14/h1,3-7,15H,8-9,12-13H2. The van der Waals surface area contributed by atoms with Crippen LogP contribution in [-0.2, 0) is 4.79 Å². The first-order chi connectivity index (χ1) is 8.79. The van der Waals surface area contributed by atoms with Crippen molar-refractivity contribution in [1.29, 1.82) is 0 Å². The maximum absolute atomic E-state index is 11.9. The van der Waals surface area contributed by atoms with E-state index in [4.69, 9.17) is 6.42 Å². The average Bonchev–Trinajstić information content (AvgIpc) is 3.21. The highest BCUT2D eigenvalue weighted by Gasteiger charge is 2.25. The average molecular weight is 237 g/mol. The maximum Gasteiger partial charge on any atom is 0.299 e. The molecule has 2 rings (SSSR count). The Bertz CT molecular complexity index is 512. The fraction of sp³-hybridized carbons (Fsp3) is 0.312. The summed E-state index contributed by atoms with van der Waals surface area (Å²) >= 11 is 0. The van der Waals surface area contributed by atoms with Crippen molar-refractivity contribution in [2.75, 3.05) is 13.1 Å². The maximum atomic E-state index is 11.9. The lowest BCUT2D eigenvalue weighted by Gasteiger charge is -2.16. The van der Waals surface area contributed by atoms with Gasteiger partial charge in [0.2, 0.25) is 0 Å². The van der Waals surface area contributed by atoms with Gasteiger partial charge >= 0.3 is 0 Å².